The second-order valence-electron chi connectivity index (χ2n) is 21.3. The van der Waals surface area contributed by atoms with Crippen molar-refractivity contribution >= 4 is 17.9 Å². The van der Waals surface area contributed by atoms with Crippen LogP contribution in [0.25, 0.3) is 0 Å². The molecule has 81 heavy (non-hydrogen) atoms. The Hall–Kier alpha value is -4.97. The first-order chi connectivity index (χ1) is 40.0. The van der Waals surface area contributed by atoms with Crippen LogP contribution in [0.4, 0.5) is 0 Å². The van der Waals surface area contributed by atoms with Crippen LogP contribution in [0.3, 0.4) is 0 Å². The molecule has 0 N–H and O–H groups in total. The van der Waals surface area contributed by atoms with Crippen LogP contribution in [0.5, 0.6) is 0 Å². The average Bonchev–Trinajstić information content (AvgIpc) is 3.47. The zero-order chi connectivity index (χ0) is 58.5. The van der Waals surface area contributed by atoms with Crippen molar-refractivity contribution in [1.29, 1.82) is 0 Å². The minimum Gasteiger partial charge on any atom is -0.462 e. The third kappa shape index (κ3) is 65.7. The van der Waals surface area contributed by atoms with E-state index in [1.165, 1.54) is 64.2 Å². The monoisotopic (exact) mass is 1120 g/mol. The number of ether oxygens (including phenoxy) is 3. The van der Waals surface area contributed by atoms with Gasteiger partial charge in [-0.25, -0.2) is 0 Å². The number of unbranched alkanes of at least 4 members (excludes halogenated alkanes) is 21. The highest BCUT2D eigenvalue weighted by atomic mass is 16.6. The number of rotatable bonds is 58. The Bertz CT molecular complexity index is 1810. The summed E-state index contributed by atoms with van der Waals surface area (Å²) in [5.41, 5.74) is 0. The van der Waals surface area contributed by atoms with Crippen molar-refractivity contribution in [2.75, 3.05) is 13.2 Å². The van der Waals surface area contributed by atoms with E-state index < -0.39 is 6.10 Å². The van der Waals surface area contributed by atoms with Gasteiger partial charge < -0.3 is 14.2 Å². The Kier molecular flexibility index (Phi) is 63.4. The Labute approximate surface area is 499 Å². The standard InChI is InChI=1S/C75H120O6/c1-4-7-10-13-16-19-22-25-28-31-32-33-34-35-36-37-38-39-40-41-42-43-44-45-48-50-53-56-59-62-65-68-74(77)80-71-72(81-75(78)69-66-63-60-57-54-51-47-30-27-24-21-18-15-12-9-6-3)70-79-73(76)67-64-61-58-55-52-49-46-29-26-23-20-17-14-11-8-5-2/h7,10,16,19-21,23-25,28-30,32-33,35-36,38-39,41-42,44-47,50,53,72H,4-6,8-9,11-15,17-18,22,26-27,31,34,37,40,43,48-49,51-52,54-71H2,1-3H3/b10-7-,19-16-,23-20-,24-21-,28-25-,33-32-,36-35-,39-38-,42-41-,45-44-,46-29-,47-30-,53-50-. The lowest BCUT2D eigenvalue weighted by atomic mass is 10.1. The molecular weight excluding hydrogens is 997 g/mol. The summed E-state index contributed by atoms with van der Waals surface area (Å²) >= 11 is 0. The summed E-state index contributed by atoms with van der Waals surface area (Å²) in [4.78, 5) is 38.3. The first-order valence-corrected chi connectivity index (χ1v) is 33.0. The second-order valence-corrected chi connectivity index (χ2v) is 21.3. The highest BCUT2D eigenvalue weighted by molar-refractivity contribution is 5.71. The highest BCUT2D eigenvalue weighted by Gasteiger charge is 2.19. The van der Waals surface area contributed by atoms with Crippen LogP contribution >= 0.6 is 0 Å². The molecule has 0 aliphatic carbocycles. The van der Waals surface area contributed by atoms with Gasteiger partial charge in [-0.15, -0.1) is 0 Å². The van der Waals surface area contributed by atoms with Crippen molar-refractivity contribution in [2.24, 2.45) is 0 Å². The van der Waals surface area contributed by atoms with Crippen LogP contribution in [0.1, 0.15) is 278 Å². The van der Waals surface area contributed by atoms with Crippen LogP contribution in [-0.4, -0.2) is 37.2 Å². The van der Waals surface area contributed by atoms with E-state index in [0.717, 1.165) is 173 Å². The molecule has 0 fully saturated rings. The molecule has 0 aliphatic heterocycles. The van der Waals surface area contributed by atoms with Gasteiger partial charge in [-0.2, -0.15) is 0 Å². The van der Waals surface area contributed by atoms with Gasteiger partial charge in [0.1, 0.15) is 13.2 Å². The molecule has 0 aromatic rings. The van der Waals surface area contributed by atoms with Crippen LogP contribution in [0, 0.1) is 0 Å². The number of esters is 3. The summed E-state index contributed by atoms with van der Waals surface area (Å²) in [6, 6.07) is 0. The molecule has 0 saturated heterocycles. The first kappa shape index (κ1) is 76.0. The fourth-order valence-electron chi connectivity index (χ4n) is 8.55. The van der Waals surface area contributed by atoms with Crippen molar-refractivity contribution < 1.29 is 28.6 Å². The number of allylic oxidation sites excluding steroid dienone is 26. The van der Waals surface area contributed by atoms with Crippen molar-refractivity contribution in [3.8, 4) is 0 Å². The summed E-state index contributed by atoms with van der Waals surface area (Å²) in [6.07, 6.45) is 98.2. The van der Waals surface area contributed by atoms with Gasteiger partial charge >= 0.3 is 17.9 Å². The van der Waals surface area contributed by atoms with Crippen LogP contribution in [0.15, 0.2) is 158 Å². The molecule has 6 heteroatoms. The Morgan fingerprint density at radius 1 is 0.259 bits per heavy atom. The van der Waals surface area contributed by atoms with E-state index in [-0.39, 0.29) is 31.1 Å². The van der Waals surface area contributed by atoms with Gasteiger partial charge in [-0.3, -0.25) is 14.4 Å². The third-order valence-electron chi connectivity index (χ3n) is 13.5. The lowest BCUT2D eigenvalue weighted by molar-refractivity contribution is -0.167. The van der Waals surface area contributed by atoms with E-state index in [4.69, 9.17) is 14.2 Å². The second kappa shape index (κ2) is 67.5. The molecule has 1 atom stereocenters. The summed E-state index contributed by atoms with van der Waals surface area (Å²) in [5, 5.41) is 0. The summed E-state index contributed by atoms with van der Waals surface area (Å²) in [6.45, 7) is 6.44. The maximum atomic E-state index is 12.9. The van der Waals surface area contributed by atoms with Crippen LogP contribution < -0.4 is 0 Å². The van der Waals surface area contributed by atoms with Crippen molar-refractivity contribution in [1.82, 2.24) is 0 Å². The highest BCUT2D eigenvalue weighted by Crippen LogP contribution is 2.13. The predicted octanol–water partition coefficient (Wildman–Crippen LogP) is 22.9. The zero-order valence-corrected chi connectivity index (χ0v) is 52.2. The quantitative estimate of drug-likeness (QED) is 0.0261. The fourth-order valence-corrected chi connectivity index (χ4v) is 8.55. The Balaban J connectivity index is 4.45. The van der Waals surface area contributed by atoms with E-state index >= 15 is 0 Å². The van der Waals surface area contributed by atoms with Crippen LogP contribution in [-0.2, 0) is 28.6 Å². The molecule has 0 heterocycles. The molecule has 456 valence electrons. The zero-order valence-electron chi connectivity index (χ0n) is 52.2. The van der Waals surface area contributed by atoms with E-state index in [1.54, 1.807) is 0 Å². The smallest absolute Gasteiger partial charge is 0.306 e. The summed E-state index contributed by atoms with van der Waals surface area (Å²) in [5.74, 6) is -0.969. The fraction of sp³-hybridized carbons (Fsp3) is 0.613. The molecule has 0 saturated carbocycles. The molecule has 0 aromatic carbocycles. The number of carbonyl (C=O) groups excluding carboxylic acids is 3. The molecule has 0 aromatic heterocycles. The minimum absolute atomic E-state index is 0.107. The lowest BCUT2D eigenvalue weighted by Crippen LogP contribution is -2.30. The van der Waals surface area contributed by atoms with Gasteiger partial charge in [0.05, 0.1) is 0 Å². The number of hydrogen-bond donors (Lipinski definition) is 0. The average molecular weight is 1120 g/mol. The van der Waals surface area contributed by atoms with Gasteiger partial charge in [0.2, 0.25) is 0 Å². The SMILES string of the molecule is CC/C=C\C/C=C\C/C=C\C/C=C\C/C=C\C/C=C\C/C=C\C/C=C\C/C=C\CCCCCC(=O)OCC(COC(=O)CCCCCCC/C=C\C/C=C\CCCCCC)OC(=O)CCCCCCC/C=C\C/C=C\CCCCCC. The third-order valence-corrected chi connectivity index (χ3v) is 13.5. The number of hydrogen-bond acceptors (Lipinski definition) is 6. The molecule has 0 bridgehead atoms. The molecule has 0 radical (unpaired) electrons. The van der Waals surface area contributed by atoms with E-state index in [9.17, 15) is 14.4 Å². The Morgan fingerprint density at radius 3 is 0.765 bits per heavy atom. The van der Waals surface area contributed by atoms with Gasteiger partial charge in [-0.1, -0.05) is 262 Å². The van der Waals surface area contributed by atoms with Crippen molar-refractivity contribution in [3.63, 3.8) is 0 Å². The van der Waals surface area contributed by atoms with Gasteiger partial charge in [0, 0.05) is 19.3 Å². The first-order valence-electron chi connectivity index (χ1n) is 33.0. The maximum absolute atomic E-state index is 12.9. The number of carbonyl (C=O) groups is 3. The maximum Gasteiger partial charge on any atom is 0.306 e. The minimum atomic E-state index is -0.814. The molecule has 1 unspecified atom stereocenters. The van der Waals surface area contributed by atoms with Crippen LogP contribution in [0.2, 0.25) is 0 Å². The normalized spacial score (nSPS) is 13.2. The van der Waals surface area contributed by atoms with E-state index in [0.29, 0.717) is 19.3 Å². The van der Waals surface area contributed by atoms with Gasteiger partial charge in [-0.05, 0) is 154 Å². The summed E-state index contributed by atoms with van der Waals surface area (Å²) < 4.78 is 16.9. The van der Waals surface area contributed by atoms with Crippen molar-refractivity contribution in [2.45, 2.75) is 284 Å². The lowest BCUT2D eigenvalue weighted by Gasteiger charge is -2.18. The predicted molar refractivity (Wildman–Crippen MR) is 352 cm³/mol. The van der Waals surface area contributed by atoms with Gasteiger partial charge in [0.25, 0.3) is 0 Å². The van der Waals surface area contributed by atoms with E-state index in [1.807, 2.05) is 0 Å². The Morgan fingerprint density at radius 2 is 0.481 bits per heavy atom. The molecule has 6 nitrogen and oxygen atoms in total. The molecule has 0 aliphatic rings. The van der Waals surface area contributed by atoms with Crippen molar-refractivity contribution in [3.05, 3.63) is 158 Å². The molecule has 0 rings (SSSR count). The molecule has 0 amide bonds. The topological polar surface area (TPSA) is 78.9 Å². The molecular formula is C75H120O6. The summed E-state index contributed by atoms with van der Waals surface area (Å²) in [7, 11) is 0. The largest absolute Gasteiger partial charge is 0.462 e. The van der Waals surface area contributed by atoms with E-state index in [2.05, 4.69) is 179 Å². The van der Waals surface area contributed by atoms with Gasteiger partial charge in [0.15, 0.2) is 6.10 Å². The molecule has 0 spiro atoms.